The standard InChI is InChI=1S/C23H23ClN2O4/c24-19-8-6-17(7-9-19)21-20(14-27)25-22(30-21)18-10-12-26(13-11-18)23(28)29-15-16-4-2-1-3-5-16/h1-9,18,27H,10-15H2. The Morgan fingerprint density at radius 2 is 1.83 bits per heavy atom. The summed E-state index contributed by atoms with van der Waals surface area (Å²) in [6.07, 6.45) is 1.15. The molecule has 3 aromatic rings. The second kappa shape index (κ2) is 9.32. The number of halogens is 1. The number of oxazole rings is 1. The summed E-state index contributed by atoms with van der Waals surface area (Å²) in [6, 6.07) is 16.9. The van der Waals surface area contributed by atoms with Crippen molar-refractivity contribution in [1.29, 1.82) is 0 Å². The smallest absolute Gasteiger partial charge is 0.410 e. The number of hydrogen-bond donors (Lipinski definition) is 1. The molecule has 1 saturated heterocycles. The fraction of sp³-hybridized carbons (Fsp3) is 0.304. The summed E-state index contributed by atoms with van der Waals surface area (Å²) in [5, 5.41) is 10.3. The van der Waals surface area contributed by atoms with E-state index in [2.05, 4.69) is 4.98 Å². The summed E-state index contributed by atoms with van der Waals surface area (Å²) in [7, 11) is 0. The number of benzene rings is 2. The first-order chi connectivity index (χ1) is 14.6. The summed E-state index contributed by atoms with van der Waals surface area (Å²) < 4.78 is 11.4. The van der Waals surface area contributed by atoms with Crippen molar-refractivity contribution in [3.05, 3.63) is 76.8 Å². The van der Waals surface area contributed by atoms with E-state index in [1.54, 1.807) is 17.0 Å². The number of likely N-dealkylation sites (tertiary alicyclic amines) is 1. The molecule has 0 bridgehead atoms. The molecule has 0 spiro atoms. The van der Waals surface area contributed by atoms with Gasteiger partial charge in [0.25, 0.3) is 0 Å². The number of aliphatic hydroxyl groups excluding tert-OH is 1. The van der Waals surface area contributed by atoms with E-state index in [4.69, 9.17) is 20.8 Å². The van der Waals surface area contributed by atoms with Crippen LogP contribution in [0, 0.1) is 0 Å². The highest BCUT2D eigenvalue weighted by atomic mass is 35.5. The molecule has 156 valence electrons. The fourth-order valence-corrected chi connectivity index (χ4v) is 3.72. The van der Waals surface area contributed by atoms with Crippen LogP contribution in [0.1, 0.15) is 35.9 Å². The maximum absolute atomic E-state index is 12.4. The first-order valence-electron chi connectivity index (χ1n) is 9.96. The lowest BCUT2D eigenvalue weighted by atomic mass is 9.97. The normalized spacial score (nSPS) is 14.7. The first kappa shape index (κ1) is 20.4. The fourth-order valence-electron chi connectivity index (χ4n) is 3.60. The molecule has 2 heterocycles. The Kier molecular flexibility index (Phi) is 6.35. The molecule has 2 aromatic carbocycles. The average Bonchev–Trinajstić information content (AvgIpc) is 3.23. The Hall–Kier alpha value is -2.83. The molecule has 1 N–H and O–H groups in total. The topological polar surface area (TPSA) is 75.8 Å². The summed E-state index contributed by atoms with van der Waals surface area (Å²) in [5.41, 5.74) is 2.30. The largest absolute Gasteiger partial charge is 0.445 e. The Bertz CT molecular complexity index is 980. The Morgan fingerprint density at radius 3 is 2.50 bits per heavy atom. The second-order valence-corrected chi connectivity index (χ2v) is 7.73. The predicted octanol–water partition coefficient (Wildman–Crippen LogP) is 5.00. The van der Waals surface area contributed by atoms with Gasteiger partial charge in [-0.25, -0.2) is 9.78 Å². The Balaban J connectivity index is 1.37. The number of rotatable bonds is 5. The molecular formula is C23H23ClN2O4. The Labute approximate surface area is 180 Å². The van der Waals surface area contributed by atoms with Crippen molar-refractivity contribution < 1.29 is 19.1 Å². The predicted molar refractivity (Wildman–Crippen MR) is 113 cm³/mol. The summed E-state index contributed by atoms with van der Waals surface area (Å²) in [4.78, 5) is 18.6. The van der Waals surface area contributed by atoms with Gasteiger partial charge in [-0.05, 0) is 42.7 Å². The lowest BCUT2D eigenvalue weighted by Crippen LogP contribution is -2.38. The molecule has 6 nitrogen and oxygen atoms in total. The zero-order valence-corrected chi connectivity index (χ0v) is 17.2. The van der Waals surface area contributed by atoms with Gasteiger partial charge in [0.15, 0.2) is 11.7 Å². The zero-order valence-electron chi connectivity index (χ0n) is 16.5. The Morgan fingerprint density at radius 1 is 1.13 bits per heavy atom. The van der Waals surface area contributed by atoms with Gasteiger partial charge in [0.1, 0.15) is 12.3 Å². The molecule has 1 aromatic heterocycles. The number of nitrogens with zero attached hydrogens (tertiary/aromatic N) is 2. The van der Waals surface area contributed by atoms with Crippen LogP contribution < -0.4 is 0 Å². The molecule has 0 unspecified atom stereocenters. The van der Waals surface area contributed by atoms with E-state index in [0.717, 1.165) is 24.0 Å². The number of hydrogen-bond acceptors (Lipinski definition) is 5. The van der Waals surface area contributed by atoms with E-state index in [1.807, 2.05) is 42.5 Å². The van der Waals surface area contributed by atoms with Crippen molar-refractivity contribution in [2.24, 2.45) is 0 Å². The average molecular weight is 427 g/mol. The van der Waals surface area contributed by atoms with Crippen LogP contribution in [-0.2, 0) is 18.0 Å². The number of aromatic nitrogens is 1. The highest BCUT2D eigenvalue weighted by molar-refractivity contribution is 6.30. The van der Waals surface area contributed by atoms with Gasteiger partial charge in [-0.3, -0.25) is 0 Å². The number of amides is 1. The van der Waals surface area contributed by atoms with Gasteiger partial charge in [0.2, 0.25) is 0 Å². The summed E-state index contributed by atoms with van der Waals surface area (Å²) in [6.45, 7) is 1.21. The molecule has 0 radical (unpaired) electrons. The maximum atomic E-state index is 12.4. The molecule has 1 amide bonds. The van der Waals surface area contributed by atoms with E-state index in [9.17, 15) is 9.90 Å². The molecule has 1 aliphatic rings. The van der Waals surface area contributed by atoms with Crippen molar-refractivity contribution in [2.45, 2.75) is 32.0 Å². The van der Waals surface area contributed by atoms with Crippen LogP contribution >= 0.6 is 11.6 Å². The third-order valence-electron chi connectivity index (χ3n) is 5.28. The van der Waals surface area contributed by atoms with Crippen LogP contribution in [0.3, 0.4) is 0 Å². The monoisotopic (exact) mass is 426 g/mol. The molecule has 0 saturated carbocycles. The number of carbonyl (C=O) groups excluding carboxylic acids is 1. The molecule has 7 heteroatoms. The van der Waals surface area contributed by atoms with E-state index >= 15 is 0 Å². The van der Waals surface area contributed by atoms with Crippen LogP contribution in [0.2, 0.25) is 5.02 Å². The van der Waals surface area contributed by atoms with E-state index in [0.29, 0.717) is 35.5 Å². The lowest BCUT2D eigenvalue weighted by molar-refractivity contribution is 0.0856. The van der Waals surface area contributed by atoms with Gasteiger partial charge >= 0.3 is 6.09 Å². The molecule has 0 atom stereocenters. The zero-order chi connectivity index (χ0) is 20.9. The maximum Gasteiger partial charge on any atom is 0.410 e. The van der Waals surface area contributed by atoms with Gasteiger partial charge in [0.05, 0.1) is 6.61 Å². The molecule has 30 heavy (non-hydrogen) atoms. The third-order valence-corrected chi connectivity index (χ3v) is 5.53. The van der Waals surface area contributed by atoms with Crippen molar-refractivity contribution in [2.75, 3.05) is 13.1 Å². The molecule has 4 rings (SSSR count). The van der Waals surface area contributed by atoms with Crippen molar-refractivity contribution in [1.82, 2.24) is 9.88 Å². The summed E-state index contributed by atoms with van der Waals surface area (Å²) in [5.74, 6) is 1.25. The van der Waals surface area contributed by atoms with Crippen LogP contribution in [0.4, 0.5) is 4.79 Å². The minimum Gasteiger partial charge on any atom is -0.445 e. The van der Waals surface area contributed by atoms with Gasteiger partial charge < -0.3 is 19.2 Å². The molecular weight excluding hydrogens is 404 g/mol. The molecule has 0 aliphatic carbocycles. The van der Waals surface area contributed by atoms with E-state index in [1.165, 1.54) is 0 Å². The highest BCUT2D eigenvalue weighted by Gasteiger charge is 2.29. The minimum absolute atomic E-state index is 0.0922. The SMILES string of the molecule is O=C(OCc1ccccc1)N1CCC(c2nc(CO)c(-c3ccc(Cl)cc3)o2)CC1. The van der Waals surface area contributed by atoms with E-state index in [-0.39, 0.29) is 25.2 Å². The van der Waals surface area contributed by atoms with E-state index < -0.39 is 0 Å². The second-order valence-electron chi connectivity index (χ2n) is 7.29. The quantitative estimate of drug-likeness (QED) is 0.621. The lowest BCUT2D eigenvalue weighted by Gasteiger charge is -2.29. The van der Waals surface area contributed by atoms with Crippen LogP contribution in [0.5, 0.6) is 0 Å². The van der Waals surface area contributed by atoms with Crippen molar-refractivity contribution in [3.63, 3.8) is 0 Å². The molecule has 1 fully saturated rings. The number of carbonyl (C=O) groups is 1. The van der Waals surface area contributed by atoms with Crippen LogP contribution in [0.15, 0.2) is 59.0 Å². The van der Waals surface area contributed by atoms with Gasteiger partial charge in [-0.1, -0.05) is 41.9 Å². The summed E-state index contributed by atoms with van der Waals surface area (Å²) >= 11 is 5.96. The van der Waals surface area contributed by atoms with Crippen molar-refractivity contribution in [3.8, 4) is 11.3 Å². The van der Waals surface area contributed by atoms with Crippen molar-refractivity contribution >= 4 is 17.7 Å². The van der Waals surface area contributed by atoms with Crippen LogP contribution in [-0.4, -0.2) is 34.2 Å². The minimum atomic E-state index is -0.303. The first-order valence-corrected chi connectivity index (χ1v) is 10.3. The highest BCUT2D eigenvalue weighted by Crippen LogP contribution is 2.33. The van der Waals surface area contributed by atoms with Gasteiger partial charge in [-0.2, -0.15) is 0 Å². The van der Waals surface area contributed by atoms with Gasteiger partial charge in [-0.15, -0.1) is 0 Å². The van der Waals surface area contributed by atoms with Crippen LogP contribution in [0.25, 0.3) is 11.3 Å². The number of ether oxygens (including phenoxy) is 1. The third kappa shape index (κ3) is 4.66. The molecule has 1 aliphatic heterocycles. The van der Waals surface area contributed by atoms with Gasteiger partial charge in [0, 0.05) is 29.6 Å². The number of piperidine rings is 1. The number of aliphatic hydroxyl groups is 1.